The normalized spacial score (nSPS) is 11.8. The van der Waals surface area contributed by atoms with Gasteiger partial charge in [0.15, 0.2) is 0 Å². The zero-order valence-electron chi connectivity index (χ0n) is 9.92. The van der Waals surface area contributed by atoms with Gasteiger partial charge in [0.2, 0.25) is 0 Å². The van der Waals surface area contributed by atoms with Gasteiger partial charge in [-0.05, 0) is 12.1 Å². The van der Waals surface area contributed by atoms with E-state index in [1.54, 1.807) is 12.1 Å². The molecule has 1 aromatic heterocycles. The van der Waals surface area contributed by atoms with Crippen molar-refractivity contribution in [1.29, 1.82) is 0 Å². The first-order chi connectivity index (χ1) is 7.88. The first-order valence-corrected chi connectivity index (χ1v) is 6.55. The monoisotopic (exact) mass is 269 g/mol. The fourth-order valence-electron chi connectivity index (χ4n) is 1.38. The molecule has 0 saturated heterocycles. The number of benzene rings is 1. The van der Waals surface area contributed by atoms with Crippen molar-refractivity contribution >= 4 is 22.9 Å². The van der Waals surface area contributed by atoms with E-state index < -0.39 is 5.82 Å². The molecule has 0 fully saturated rings. The molecular weight excluding hydrogens is 257 g/mol. The van der Waals surface area contributed by atoms with Crippen LogP contribution in [0.1, 0.15) is 26.5 Å². The van der Waals surface area contributed by atoms with E-state index in [1.165, 1.54) is 17.4 Å². The molecule has 0 unspecified atom stereocenters. The number of rotatable bonds is 1. The SMILES string of the molecule is CC(C)(C)c1csc(-c2ccc(Cl)c(F)c2)n1. The molecule has 1 heterocycles. The van der Waals surface area contributed by atoms with Gasteiger partial charge in [-0.15, -0.1) is 11.3 Å². The van der Waals surface area contributed by atoms with Gasteiger partial charge >= 0.3 is 0 Å². The van der Waals surface area contributed by atoms with Crippen molar-refractivity contribution in [2.75, 3.05) is 0 Å². The smallest absolute Gasteiger partial charge is 0.142 e. The summed E-state index contributed by atoms with van der Waals surface area (Å²) in [6.07, 6.45) is 0. The summed E-state index contributed by atoms with van der Waals surface area (Å²) in [6.45, 7) is 6.32. The number of nitrogens with zero attached hydrogens (tertiary/aromatic N) is 1. The minimum absolute atomic E-state index is 0.0136. The van der Waals surface area contributed by atoms with Gasteiger partial charge in [-0.1, -0.05) is 38.4 Å². The Labute approximate surface area is 109 Å². The van der Waals surface area contributed by atoms with Gasteiger partial charge in [0.25, 0.3) is 0 Å². The lowest BCUT2D eigenvalue weighted by atomic mass is 9.93. The zero-order valence-corrected chi connectivity index (χ0v) is 11.5. The lowest BCUT2D eigenvalue weighted by Gasteiger charge is -2.14. The van der Waals surface area contributed by atoms with Gasteiger partial charge in [0, 0.05) is 16.4 Å². The number of thiazole rings is 1. The summed E-state index contributed by atoms with van der Waals surface area (Å²) in [6, 6.07) is 4.77. The quantitative estimate of drug-likeness (QED) is 0.717. The Hall–Kier alpha value is -0.930. The van der Waals surface area contributed by atoms with E-state index in [4.69, 9.17) is 11.6 Å². The molecule has 0 radical (unpaired) electrons. The van der Waals surface area contributed by atoms with E-state index in [-0.39, 0.29) is 10.4 Å². The molecule has 4 heteroatoms. The third-order valence-electron chi connectivity index (χ3n) is 2.44. The fraction of sp³-hybridized carbons (Fsp3) is 0.308. The third kappa shape index (κ3) is 2.67. The van der Waals surface area contributed by atoms with Gasteiger partial charge in [-0.3, -0.25) is 0 Å². The number of hydrogen-bond acceptors (Lipinski definition) is 2. The molecule has 0 spiro atoms. The maximum absolute atomic E-state index is 13.4. The van der Waals surface area contributed by atoms with Crippen LogP contribution in [-0.4, -0.2) is 4.98 Å². The molecule has 0 amide bonds. The maximum atomic E-state index is 13.4. The van der Waals surface area contributed by atoms with Gasteiger partial charge in [-0.2, -0.15) is 0 Å². The first kappa shape index (κ1) is 12.5. The Bertz CT molecular complexity index is 543. The minimum Gasteiger partial charge on any atom is -0.241 e. The van der Waals surface area contributed by atoms with E-state index in [0.717, 1.165) is 16.3 Å². The van der Waals surface area contributed by atoms with E-state index in [0.29, 0.717) is 0 Å². The second-order valence-electron chi connectivity index (χ2n) is 4.92. The van der Waals surface area contributed by atoms with Gasteiger partial charge in [-0.25, -0.2) is 9.37 Å². The average molecular weight is 270 g/mol. The largest absolute Gasteiger partial charge is 0.241 e. The van der Waals surface area contributed by atoms with Crippen LogP contribution in [0.15, 0.2) is 23.6 Å². The van der Waals surface area contributed by atoms with Gasteiger partial charge < -0.3 is 0 Å². The average Bonchev–Trinajstić information content (AvgIpc) is 2.70. The molecule has 90 valence electrons. The molecule has 0 aliphatic heterocycles. The molecule has 0 N–H and O–H groups in total. The highest BCUT2D eigenvalue weighted by atomic mass is 35.5. The van der Waals surface area contributed by atoms with Crippen LogP contribution in [-0.2, 0) is 5.41 Å². The molecule has 0 atom stereocenters. The first-order valence-electron chi connectivity index (χ1n) is 5.29. The molecule has 1 aromatic carbocycles. The number of hydrogen-bond donors (Lipinski definition) is 0. The summed E-state index contributed by atoms with van der Waals surface area (Å²) in [5.74, 6) is -0.406. The van der Waals surface area contributed by atoms with Crippen molar-refractivity contribution in [3.05, 3.63) is 40.1 Å². The molecule has 1 nitrogen and oxygen atoms in total. The second-order valence-corrected chi connectivity index (χ2v) is 6.18. The highest BCUT2D eigenvalue weighted by Gasteiger charge is 2.18. The summed E-state index contributed by atoms with van der Waals surface area (Å²) in [5, 5.41) is 2.98. The van der Waals surface area contributed by atoms with Crippen molar-refractivity contribution in [3.63, 3.8) is 0 Å². The maximum Gasteiger partial charge on any atom is 0.142 e. The molecule has 0 bridgehead atoms. The highest BCUT2D eigenvalue weighted by molar-refractivity contribution is 7.13. The van der Waals surface area contributed by atoms with E-state index in [1.807, 2.05) is 5.38 Å². The predicted octanol–water partition coefficient (Wildman–Crippen LogP) is 4.90. The van der Waals surface area contributed by atoms with Crippen molar-refractivity contribution in [1.82, 2.24) is 4.98 Å². The molecule has 17 heavy (non-hydrogen) atoms. The van der Waals surface area contributed by atoms with Crippen molar-refractivity contribution in [3.8, 4) is 10.6 Å². The van der Waals surface area contributed by atoms with Gasteiger partial charge in [0.05, 0.1) is 10.7 Å². The Morgan fingerprint density at radius 3 is 2.53 bits per heavy atom. The topological polar surface area (TPSA) is 12.9 Å². The number of halogens is 2. The van der Waals surface area contributed by atoms with E-state index in [9.17, 15) is 4.39 Å². The Morgan fingerprint density at radius 2 is 2.00 bits per heavy atom. The van der Waals surface area contributed by atoms with Gasteiger partial charge in [0.1, 0.15) is 10.8 Å². The Balaban J connectivity index is 2.40. The highest BCUT2D eigenvalue weighted by Crippen LogP contribution is 2.31. The van der Waals surface area contributed by atoms with Crippen molar-refractivity contribution < 1.29 is 4.39 Å². The molecule has 2 aromatic rings. The predicted molar refractivity (Wildman–Crippen MR) is 71.2 cm³/mol. The van der Waals surface area contributed by atoms with E-state index >= 15 is 0 Å². The number of aromatic nitrogens is 1. The molecule has 0 aliphatic carbocycles. The standard InChI is InChI=1S/C13H13ClFNS/c1-13(2,3)11-7-17-12(16-11)8-4-5-9(14)10(15)6-8/h4-7H,1-3H3. The molecule has 0 saturated carbocycles. The van der Waals surface area contributed by atoms with Crippen LogP contribution >= 0.6 is 22.9 Å². The molecule has 2 rings (SSSR count). The summed E-state index contributed by atoms with van der Waals surface area (Å²) in [4.78, 5) is 4.53. The van der Waals surface area contributed by atoms with Crippen LogP contribution in [0.2, 0.25) is 5.02 Å². The zero-order chi connectivity index (χ0) is 12.6. The van der Waals surface area contributed by atoms with Crippen molar-refractivity contribution in [2.24, 2.45) is 0 Å². The molecule has 0 aliphatic rings. The summed E-state index contributed by atoms with van der Waals surface area (Å²) in [5.41, 5.74) is 1.81. The fourth-order valence-corrected chi connectivity index (χ4v) is 2.54. The lowest BCUT2D eigenvalue weighted by molar-refractivity contribution is 0.573. The Morgan fingerprint density at radius 1 is 1.29 bits per heavy atom. The minimum atomic E-state index is -0.406. The Kier molecular flexibility index (Phi) is 3.23. The van der Waals surface area contributed by atoms with E-state index in [2.05, 4.69) is 25.8 Å². The van der Waals surface area contributed by atoms with Crippen molar-refractivity contribution in [2.45, 2.75) is 26.2 Å². The molecular formula is C13H13ClFNS. The summed E-state index contributed by atoms with van der Waals surface area (Å²) in [7, 11) is 0. The van der Waals surface area contributed by atoms with Crippen LogP contribution in [0.4, 0.5) is 4.39 Å². The van der Waals surface area contributed by atoms with Crippen LogP contribution in [0.5, 0.6) is 0 Å². The lowest BCUT2D eigenvalue weighted by Crippen LogP contribution is -2.11. The van der Waals surface area contributed by atoms with Crippen LogP contribution < -0.4 is 0 Å². The summed E-state index contributed by atoms with van der Waals surface area (Å²) < 4.78 is 13.4. The van der Waals surface area contributed by atoms with Crippen LogP contribution in [0, 0.1) is 5.82 Å². The van der Waals surface area contributed by atoms with Crippen LogP contribution in [0.3, 0.4) is 0 Å². The summed E-state index contributed by atoms with van der Waals surface area (Å²) >= 11 is 7.18. The third-order valence-corrected chi connectivity index (χ3v) is 3.64. The second kappa shape index (κ2) is 4.39. The van der Waals surface area contributed by atoms with Crippen LogP contribution in [0.25, 0.3) is 10.6 Å².